The highest BCUT2D eigenvalue weighted by atomic mass is 32.2. The molecule has 0 radical (unpaired) electrons. The summed E-state index contributed by atoms with van der Waals surface area (Å²) in [6.07, 6.45) is 2.91. The van der Waals surface area contributed by atoms with Crippen LogP contribution in [0.1, 0.15) is 16.1 Å². The number of hydrogen-bond acceptors (Lipinski definition) is 6. The van der Waals surface area contributed by atoms with Crippen LogP contribution in [0.2, 0.25) is 0 Å². The van der Waals surface area contributed by atoms with Crippen molar-refractivity contribution in [3.8, 4) is 0 Å². The Balaban J connectivity index is 2.27. The van der Waals surface area contributed by atoms with Gasteiger partial charge in [-0.05, 0) is 30.8 Å². The highest BCUT2D eigenvalue weighted by Crippen LogP contribution is 2.27. The Labute approximate surface area is 107 Å². The molecule has 7 heteroatoms. The SMILES string of the molecule is Cc1ccnc(Sc2ncc(C(=O)O)cc2N)n1. The second kappa shape index (κ2) is 5.01. The van der Waals surface area contributed by atoms with Crippen molar-refractivity contribution < 1.29 is 9.90 Å². The van der Waals surface area contributed by atoms with Crippen LogP contribution in [0.3, 0.4) is 0 Å². The quantitative estimate of drug-likeness (QED) is 0.810. The number of aromatic carboxylic acids is 1. The van der Waals surface area contributed by atoms with Crippen molar-refractivity contribution in [1.82, 2.24) is 15.0 Å². The third-order valence-electron chi connectivity index (χ3n) is 2.09. The maximum atomic E-state index is 10.7. The van der Waals surface area contributed by atoms with Gasteiger partial charge in [-0.2, -0.15) is 0 Å². The van der Waals surface area contributed by atoms with Gasteiger partial charge in [0.25, 0.3) is 0 Å². The van der Waals surface area contributed by atoms with Crippen molar-refractivity contribution in [1.29, 1.82) is 0 Å². The maximum absolute atomic E-state index is 10.7. The minimum absolute atomic E-state index is 0.0574. The van der Waals surface area contributed by atoms with E-state index in [4.69, 9.17) is 10.8 Å². The van der Waals surface area contributed by atoms with E-state index in [2.05, 4.69) is 15.0 Å². The van der Waals surface area contributed by atoms with Crippen molar-refractivity contribution in [2.75, 3.05) is 5.73 Å². The molecule has 0 saturated carbocycles. The Morgan fingerprint density at radius 3 is 2.83 bits per heavy atom. The third-order valence-corrected chi connectivity index (χ3v) is 3.00. The number of rotatable bonds is 3. The molecule has 0 fully saturated rings. The summed E-state index contributed by atoms with van der Waals surface area (Å²) in [7, 11) is 0. The number of hydrogen-bond donors (Lipinski definition) is 2. The highest BCUT2D eigenvalue weighted by Gasteiger charge is 2.10. The van der Waals surface area contributed by atoms with Gasteiger partial charge in [-0.15, -0.1) is 0 Å². The van der Waals surface area contributed by atoms with E-state index in [0.717, 1.165) is 5.69 Å². The molecule has 0 aliphatic carbocycles. The Morgan fingerprint density at radius 2 is 2.22 bits per heavy atom. The van der Waals surface area contributed by atoms with Crippen molar-refractivity contribution >= 4 is 23.4 Å². The minimum Gasteiger partial charge on any atom is -0.478 e. The molecule has 6 nitrogen and oxygen atoms in total. The van der Waals surface area contributed by atoms with Crippen LogP contribution in [-0.2, 0) is 0 Å². The fourth-order valence-corrected chi connectivity index (χ4v) is 1.99. The molecule has 0 atom stereocenters. The van der Waals surface area contributed by atoms with Gasteiger partial charge in [0, 0.05) is 18.1 Å². The summed E-state index contributed by atoms with van der Waals surface area (Å²) in [4.78, 5) is 23.0. The van der Waals surface area contributed by atoms with Gasteiger partial charge in [-0.3, -0.25) is 0 Å². The van der Waals surface area contributed by atoms with E-state index in [0.29, 0.717) is 15.9 Å². The number of carboxylic acid groups (broad SMARTS) is 1. The fourth-order valence-electron chi connectivity index (χ4n) is 1.23. The summed E-state index contributed by atoms with van der Waals surface area (Å²) in [5.74, 6) is -1.06. The maximum Gasteiger partial charge on any atom is 0.337 e. The monoisotopic (exact) mass is 262 g/mol. The van der Waals surface area contributed by atoms with Crippen molar-refractivity contribution in [2.45, 2.75) is 17.1 Å². The van der Waals surface area contributed by atoms with E-state index in [-0.39, 0.29) is 5.56 Å². The average Bonchev–Trinajstić information content (AvgIpc) is 2.31. The molecule has 2 aromatic heterocycles. The van der Waals surface area contributed by atoms with Gasteiger partial charge in [-0.25, -0.2) is 19.7 Å². The standard InChI is InChI=1S/C11H10N4O2S/c1-6-2-3-13-11(15-6)18-9-8(12)4-7(5-14-9)10(16)17/h2-5H,12H2,1H3,(H,16,17). The van der Waals surface area contributed by atoms with Crippen LogP contribution in [0.4, 0.5) is 5.69 Å². The van der Waals surface area contributed by atoms with Gasteiger partial charge >= 0.3 is 5.97 Å². The van der Waals surface area contributed by atoms with Crippen molar-refractivity contribution in [3.63, 3.8) is 0 Å². The van der Waals surface area contributed by atoms with E-state index in [1.54, 1.807) is 12.3 Å². The predicted molar refractivity (Wildman–Crippen MR) is 66.5 cm³/mol. The van der Waals surface area contributed by atoms with Crippen LogP contribution in [0.5, 0.6) is 0 Å². The van der Waals surface area contributed by atoms with E-state index in [1.165, 1.54) is 24.0 Å². The zero-order valence-corrected chi connectivity index (χ0v) is 10.3. The molecule has 3 N–H and O–H groups in total. The second-order valence-electron chi connectivity index (χ2n) is 3.51. The Hall–Kier alpha value is -2.15. The third kappa shape index (κ3) is 2.75. The van der Waals surface area contributed by atoms with Crippen LogP contribution < -0.4 is 5.73 Å². The largest absolute Gasteiger partial charge is 0.478 e. The zero-order valence-electron chi connectivity index (χ0n) is 9.49. The number of anilines is 1. The lowest BCUT2D eigenvalue weighted by Gasteiger charge is -2.04. The van der Waals surface area contributed by atoms with Crippen LogP contribution in [0, 0.1) is 6.92 Å². The average molecular weight is 262 g/mol. The first-order valence-electron chi connectivity index (χ1n) is 5.02. The topological polar surface area (TPSA) is 102 Å². The first-order chi connectivity index (χ1) is 8.56. The smallest absolute Gasteiger partial charge is 0.337 e. The molecule has 0 amide bonds. The summed E-state index contributed by atoms with van der Waals surface area (Å²) in [6, 6.07) is 3.15. The molecule has 0 bridgehead atoms. The molecule has 0 aliphatic rings. The molecule has 0 aromatic carbocycles. The predicted octanol–water partition coefficient (Wildman–Crippen LogP) is 1.61. The molecular formula is C11H10N4O2S. The van der Waals surface area contributed by atoms with Gasteiger partial charge in [0.1, 0.15) is 5.03 Å². The molecule has 18 heavy (non-hydrogen) atoms. The summed E-state index contributed by atoms with van der Waals surface area (Å²) in [5, 5.41) is 9.82. The first kappa shape index (κ1) is 12.3. The van der Waals surface area contributed by atoms with Crippen LogP contribution >= 0.6 is 11.8 Å². The van der Waals surface area contributed by atoms with E-state index >= 15 is 0 Å². The fraction of sp³-hybridized carbons (Fsp3) is 0.0909. The summed E-state index contributed by atoms with van der Waals surface area (Å²) in [5.41, 5.74) is 6.94. The van der Waals surface area contributed by atoms with Gasteiger partial charge in [0.2, 0.25) is 0 Å². The number of carboxylic acids is 1. The molecule has 0 saturated heterocycles. The summed E-state index contributed by atoms with van der Waals surface area (Å²) < 4.78 is 0. The Bertz CT molecular complexity index is 603. The van der Waals surface area contributed by atoms with Gasteiger partial charge < -0.3 is 10.8 Å². The van der Waals surface area contributed by atoms with Gasteiger partial charge in [0.05, 0.1) is 11.3 Å². The molecular weight excluding hydrogens is 252 g/mol. The zero-order chi connectivity index (χ0) is 13.1. The first-order valence-corrected chi connectivity index (χ1v) is 5.84. The van der Waals surface area contributed by atoms with Crippen LogP contribution in [0.25, 0.3) is 0 Å². The molecule has 92 valence electrons. The van der Waals surface area contributed by atoms with Crippen molar-refractivity contribution in [3.05, 3.63) is 35.8 Å². The summed E-state index contributed by atoms with van der Waals surface area (Å²) in [6.45, 7) is 1.86. The van der Waals surface area contributed by atoms with Gasteiger partial charge in [0.15, 0.2) is 5.16 Å². The molecule has 2 aromatic rings. The molecule has 0 aliphatic heterocycles. The lowest BCUT2D eigenvalue weighted by molar-refractivity contribution is 0.0696. The lowest BCUT2D eigenvalue weighted by atomic mass is 10.3. The Morgan fingerprint density at radius 1 is 1.44 bits per heavy atom. The number of nitrogen functional groups attached to an aromatic ring is 1. The van der Waals surface area contributed by atoms with Crippen LogP contribution in [0.15, 0.2) is 34.7 Å². The lowest BCUT2D eigenvalue weighted by Crippen LogP contribution is -2.01. The number of nitrogens with two attached hydrogens (primary N) is 1. The molecule has 0 unspecified atom stereocenters. The molecule has 2 heterocycles. The van der Waals surface area contributed by atoms with Crippen LogP contribution in [-0.4, -0.2) is 26.0 Å². The number of nitrogens with zero attached hydrogens (tertiary/aromatic N) is 3. The summed E-state index contributed by atoms with van der Waals surface area (Å²) >= 11 is 1.20. The second-order valence-corrected chi connectivity index (χ2v) is 4.46. The number of pyridine rings is 1. The minimum atomic E-state index is -1.06. The van der Waals surface area contributed by atoms with E-state index in [1.807, 2.05) is 6.92 Å². The van der Waals surface area contributed by atoms with E-state index < -0.39 is 5.97 Å². The number of aromatic nitrogens is 3. The van der Waals surface area contributed by atoms with E-state index in [9.17, 15) is 4.79 Å². The normalized spacial score (nSPS) is 10.3. The molecule has 0 spiro atoms. The Kier molecular flexibility index (Phi) is 3.42. The number of carbonyl (C=O) groups is 1. The highest BCUT2D eigenvalue weighted by molar-refractivity contribution is 7.99. The number of aryl methyl sites for hydroxylation is 1. The van der Waals surface area contributed by atoms with Crippen molar-refractivity contribution in [2.24, 2.45) is 0 Å². The van der Waals surface area contributed by atoms with Gasteiger partial charge in [-0.1, -0.05) is 0 Å². The molecule has 2 rings (SSSR count).